The molecule has 5 nitrogen and oxygen atoms in total. The van der Waals surface area contributed by atoms with Gasteiger partial charge in [-0.3, -0.25) is 9.36 Å². The van der Waals surface area contributed by atoms with Gasteiger partial charge in [0.1, 0.15) is 10.5 Å². The van der Waals surface area contributed by atoms with Gasteiger partial charge in [0.15, 0.2) is 0 Å². The maximum atomic E-state index is 13.4. The molecule has 12 heteroatoms. The number of allylic oxidation sites excluding steroid dienone is 1. The van der Waals surface area contributed by atoms with Gasteiger partial charge >= 0.3 is 12.4 Å². The smallest absolute Gasteiger partial charge is 0.384 e. The van der Waals surface area contributed by atoms with Crippen LogP contribution in [0, 0.1) is 22.7 Å². The SMILES string of the molecule is N#CC1=C(N)n2c(sc(=Cc3ccccc3C(F)(F)F)c2=O)=C(C#N)C1c1cccc(C(F)(F)F)c1. The van der Waals surface area contributed by atoms with E-state index in [1.165, 1.54) is 18.2 Å². The lowest BCUT2D eigenvalue weighted by molar-refractivity contribution is -0.138. The van der Waals surface area contributed by atoms with Gasteiger partial charge in [0.2, 0.25) is 0 Å². The van der Waals surface area contributed by atoms with Gasteiger partial charge in [-0.1, -0.05) is 36.4 Å². The van der Waals surface area contributed by atoms with Gasteiger partial charge < -0.3 is 5.73 Å². The van der Waals surface area contributed by atoms with E-state index in [1.54, 1.807) is 6.07 Å². The Balaban J connectivity index is 2.04. The minimum absolute atomic E-state index is 0.0547. The first-order valence-electron chi connectivity index (χ1n) is 10.00. The van der Waals surface area contributed by atoms with E-state index < -0.39 is 40.8 Å². The van der Waals surface area contributed by atoms with Gasteiger partial charge in [-0.05, 0) is 29.3 Å². The number of rotatable bonds is 2. The lowest BCUT2D eigenvalue weighted by atomic mass is 9.84. The molecule has 3 aromatic rings. The summed E-state index contributed by atoms with van der Waals surface area (Å²) in [5.41, 5.74) is 2.26. The summed E-state index contributed by atoms with van der Waals surface area (Å²) in [6.45, 7) is 0. The van der Waals surface area contributed by atoms with Crippen molar-refractivity contribution in [1.29, 1.82) is 10.5 Å². The van der Waals surface area contributed by atoms with Gasteiger partial charge in [0.05, 0.1) is 44.9 Å². The zero-order valence-corrected chi connectivity index (χ0v) is 18.6. The van der Waals surface area contributed by atoms with Crippen molar-refractivity contribution < 1.29 is 26.3 Å². The molecule has 36 heavy (non-hydrogen) atoms. The van der Waals surface area contributed by atoms with Gasteiger partial charge in [0.25, 0.3) is 5.56 Å². The molecule has 1 atom stereocenters. The number of benzene rings is 2. The highest BCUT2D eigenvalue weighted by atomic mass is 32.1. The fraction of sp³-hybridized carbons (Fsp3) is 0.125. The molecule has 0 saturated heterocycles. The molecule has 182 valence electrons. The molecular weight excluding hydrogens is 506 g/mol. The number of alkyl halides is 6. The molecule has 0 spiro atoms. The van der Waals surface area contributed by atoms with Crippen LogP contribution in [-0.4, -0.2) is 4.57 Å². The average molecular weight is 518 g/mol. The highest BCUT2D eigenvalue weighted by Crippen LogP contribution is 2.38. The Morgan fingerprint density at radius 1 is 0.944 bits per heavy atom. The molecular formula is C24H12F6N4OS. The van der Waals surface area contributed by atoms with Crippen molar-refractivity contribution >= 4 is 28.8 Å². The minimum Gasteiger partial charge on any atom is -0.384 e. The number of hydrogen-bond donors (Lipinski definition) is 1. The average Bonchev–Trinajstić information content (AvgIpc) is 3.14. The predicted octanol–water partition coefficient (Wildman–Crippen LogP) is 3.90. The summed E-state index contributed by atoms with van der Waals surface area (Å²) in [7, 11) is 0. The first kappa shape index (κ1) is 24.8. The normalized spacial score (nSPS) is 16.5. The Morgan fingerprint density at radius 3 is 2.22 bits per heavy atom. The van der Waals surface area contributed by atoms with E-state index in [0.29, 0.717) is 11.3 Å². The van der Waals surface area contributed by atoms with Crippen LogP contribution in [0.1, 0.15) is 28.2 Å². The zero-order valence-electron chi connectivity index (χ0n) is 17.8. The molecule has 0 amide bonds. The van der Waals surface area contributed by atoms with Crippen molar-refractivity contribution in [3.05, 3.63) is 95.9 Å². The van der Waals surface area contributed by atoms with Crippen molar-refractivity contribution in [1.82, 2.24) is 4.57 Å². The Labute approximate surface area is 202 Å². The third kappa shape index (κ3) is 4.16. The molecule has 0 saturated carbocycles. The summed E-state index contributed by atoms with van der Waals surface area (Å²) in [6, 6.07) is 12.2. The molecule has 0 aliphatic carbocycles. The monoisotopic (exact) mass is 518 g/mol. The van der Waals surface area contributed by atoms with Crippen LogP contribution in [0.15, 0.2) is 58.9 Å². The molecule has 2 heterocycles. The number of nitriles is 2. The first-order chi connectivity index (χ1) is 16.9. The zero-order chi connectivity index (χ0) is 26.4. The van der Waals surface area contributed by atoms with E-state index in [4.69, 9.17) is 5.73 Å². The van der Waals surface area contributed by atoms with Crippen LogP contribution in [0.2, 0.25) is 0 Å². The van der Waals surface area contributed by atoms with Gasteiger partial charge in [-0.25, -0.2) is 0 Å². The summed E-state index contributed by atoms with van der Waals surface area (Å²) in [6.07, 6.45) is -8.40. The van der Waals surface area contributed by atoms with Crippen LogP contribution in [0.4, 0.5) is 26.3 Å². The Bertz CT molecular complexity index is 1680. The van der Waals surface area contributed by atoms with E-state index in [1.807, 2.05) is 6.07 Å². The summed E-state index contributed by atoms with van der Waals surface area (Å²) < 4.78 is 80.7. The topological polar surface area (TPSA) is 95.6 Å². The molecule has 0 radical (unpaired) electrons. The summed E-state index contributed by atoms with van der Waals surface area (Å²) in [5, 5.41) is 19.6. The molecule has 1 aromatic heterocycles. The molecule has 4 rings (SSSR count). The Kier molecular flexibility index (Phi) is 6.02. The second-order valence-corrected chi connectivity index (χ2v) is 8.66. The van der Waals surface area contributed by atoms with Gasteiger partial charge in [-0.15, -0.1) is 11.3 Å². The standard InChI is InChI=1S/C24H12F6N4OS/c25-23(26,27)14-6-3-5-13(8-14)19-15(10-31)20(33)34-21(35)18(36-22(34)16(19)11-32)9-12-4-1-2-7-17(12)24(28,29)30/h1-9,19H,33H2. The van der Waals surface area contributed by atoms with E-state index in [9.17, 15) is 41.7 Å². The van der Waals surface area contributed by atoms with Crippen molar-refractivity contribution in [3.63, 3.8) is 0 Å². The number of aromatic nitrogens is 1. The summed E-state index contributed by atoms with van der Waals surface area (Å²) in [5.74, 6) is -1.73. The molecule has 1 unspecified atom stereocenters. The molecule has 0 fully saturated rings. The summed E-state index contributed by atoms with van der Waals surface area (Å²) >= 11 is 0.655. The quantitative estimate of drug-likeness (QED) is 0.521. The lowest BCUT2D eigenvalue weighted by Crippen LogP contribution is -2.38. The molecule has 2 N–H and O–H groups in total. The Morgan fingerprint density at radius 2 is 1.61 bits per heavy atom. The lowest BCUT2D eigenvalue weighted by Gasteiger charge is -2.23. The molecule has 2 aromatic carbocycles. The fourth-order valence-electron chi connectivity index (χ4n) is 3.90. The van der Waals surface area contributed by atoms with E-state index >= 15 is 0 Å². The molecule has 0 bridgehead atoms. The van der Waals surface area contributed by atoms with Crippen LogP contribution < -0.4 is 20.5 Å². The largest absolute Gasteiger partial charge is 0.416 e. The second-order valence-electron chi connectivity index (χ2n) is 7.63. The van der Waals surface area contributed by atoms with Gasteiger partial charge in [0, 0.05) is 0 Å². The van der Waals surface area contributed by atoms with Crippen molar-refractivity contribution in [2.24, 2.45) is 5.73 Å². The number of fused-ring (bicyclic) bond motifs is 1. The van der Waals surface area contributed by atoms with Crippen molar-refractivity contribution in [2.75, 3.05) is 0 Å². The Hall–Kier alpha value is -4.29. The third-order valence-corrected chi connectivity index (χ3v) is 6.60. The van der Waals surface area contributed by atoms with Crippen molar-refractivity contribution in [3.8, 4) is 12.1 Å². The predicted molar refractivity (Wildman–Crippen MR) is 119 cm³/mol. The number of hydrogen-bond acceptors (Lipinski definition) is 5. The minimum atomic E-state index is -4.70. The highest BCUT2D eigenvalue weighted by Gasteiger charge is 2.36. The fourth-order valence-corrected chi connectivity index (χ4v) is 5.02. The van der Waals surface area contributed by atoms with Crippen LogP contribution in [0.5, 0.6) is 0 Å². The van der Waals surface area contributed by atoms with Gasteiger partial charge in [-0.2, -0.15) is 36.9 Å². The molecule has 1 aliphatic rings. The highest BCUT2D eigenvalue weighted by molar-refractivity contribution is 7.07. The van der Waals surface area contributed by atoms with Crippen molar-refractivity contribution in [2.45, 2.75) is 18.3 Å². The van der Waals surface area contributed by atoms with Crippen LogP contribution in [-0.2, 0) is 12.4 Å². The second kappa shape index (κ2) is 8.73. The van der Waals surface area contributed by atoms with E-state index in [2.05, 4.69) is 0 Å². The number of halogens is 6. The van der Waals surface area contributed by atoms with Crippen LogP contribution >= 0.6 is 11.3 Å². The number of nitrogens with two attached hydrogens (primary N) is 1. The van der Waals surface area contributed by atoms with E-state index in [0.717, 1.165) is 41.0 Å². The third-order valence-electron chi connectivity index (χ3n) is 5.49. The van der Waals surface area contributed by atoms with Crippen LogP contribution in [0.3, 0.4) is 0 Å². The number of thiazole rings is 1. The first-order valence-corrected chi connectivity index (χ1v) is 10.8. The van der Waals surface area contributed by atoms with Crippen LogP contribution in [0.25, 0.3) is 17.5 Å². The number of nitrogens with zero attached hydrogens (tertiary/aromatic N) is 3. The summed E-state index contributed by atoms with van der Waals surface area (Å²) in [4.78, 5) is 13.1. The molecule has 1 aliphatic heterocycles. The van der Waals surface area contributed by atoms with E-state index in [-0.39, 0.29) is 31.5 Å². The maximum Gasteiger partial charge on any atom is 0.416 e. The maximum absolute atomic E-state index is 13.4.